The Balaban J connectivity index is 1.98. The zero-order chi connectivity index (χ0) is 13.0. The summed E-state index contributed by atoms with van der Waals surface area (Å²) in [4.78, 5) is 7.01. The Morgan fingerprint density at radius 2 is 2.33 bits per heavy atom. The average molecular weight is 250 g/mol. The number of nitrogens with one attached hydrogen (secondary N) is 1. The van der Waals surface area contributed by atoms with E-state index in [1.807, 2.05) is 0 Å². The summed E-state index contributed by atoms with van der Waals surface area (Å²) in [6.07, 6.45) is 7.13. The molecule has 4 heteroatoms. The van der Waals surface area contributed by atoms with Crippen molar-refractivity contribution in [3.05, 3.63) is 11.9 Å². The third kappa shape index (κ3) is 3.48. The van der Waals surface area contributed by atoms with Gasteiger partial charge in [0, 0.05) is 25.3 Å². The number of anilines is 1. The molecule has 1 aromatic heterocycles. The SMILES string of the molecule is CCCCn1cc(C)nc1NC1CCCN(C)C1. The Hall–Kier alpha value is -1.03. The van der Waals surface area contributed by atoms with Crippen LogP contribution in [0.1, 0.15) is 38.3 Å². The summed E-state index contributed by atoms with van der Waals surface area (Å²) in [6.45, 7) is 7.72. The van der Waals surface area contributed by atoms with Gasteiger partial charge in [0.05, 0.1) is 5.69 Å². The first-order valence-corrected chi connectivity index (χ1v) is 7.18. The van der Waals surface area contributed by atoms with Crippen LogP contribution < -0.4 is 5.32 Å². The summed E-state index contributed by atoms with van der Waals surface area (Å²) in [5.41, 5.74) is 1.11. The van der Waals surface area contributed by atoms with Crippen LogP contribution in [0.5, 0.6) is 0 Å². The highest BCUT2D eigenvalue weighted by Crippen LogP contribution is 2.16. The van der Waals surface area contributed by atoms with Gasteiger partial charge in [0.15, 0.2) is 0 Å². The maximum atomic E-state index is 4.62. The number of rotatable bonds is 5. The topological polar surface area (TPSA) is 33.1 Å². The van der Waals surface area contributed by atoms with E-state index in [-0.39, 0.29) is 0 Å². The van der Waals surface area contributed by atoms with Gasteiger partial charge in [-0.25, -0.2) is 4.98 Å². The van der Waals surface area contributed by atoms with Crippen molar-refractivity contribution in [3.63, 3.8) is 0 Å². The van der Waals surface area contributed by atoms with Crippen LogP contribution in [0, 0.1) is 6.92 Å². The highest BCUT2D eigenvalue weighted by Gasteiger charge is 2.18. The normalized spacial score (nSPS) is 21.2. The molecular weight excluding hydrogens is 224 g/mol. The zero-order valence-electron chi connectivity index (χ0n) is 11.9. The van der Waals surface area contributed by atoms with Gasteiger partial charge in [-0.3, -0.25) is 0 Å². The van der Waals surface area contributed by atoms with Crippen LogP contribution in [0.3, 0.4) is 0 Å². The molecule has 0 spiro atoms. The Bertz CT molecular complexity index is 372. The molecule has 102 valence electrons. The molecule has 1 N–H and O–H groups in total. The number of hydrogen-bond donors (Lipinski definition) is 1. The van der Waals surface area contributed by atoms with Crippen molar-refractivity contribution < 1.29 is 0 Å². The lowest BCUT2D eigenvalue weighted by molar-refractivity contribution is 0.260. The smallest absolute Gasteiger partial charge is 0.203 e. The number of hydrogen-bond acceptors (Lipinski definition) is 3. The van der Waals surface area contributed by atoms with E-state index in [4.69, 9.17) is 0 Å². The maximum Gasteiger partial charge on any atom is 0.203 e. The van der Waals surface area contributed by atoms with Crippen LogP contribution in [-0.4, -0.2) is 40.6 Å². The van der Waals surface area contributed by atoms with Gasteiger partial charge in [-0.05, 0) is 39.8 Å². The van der Waals surface area contributed by atoms with Crippen molar-refractivity contribution in [2.24, 2.45) is 0 Å². The van der Waals surface area contributed by atoms with Crippen molar-refractivity contribution in [3.8, 4) is 0 Å². The Morgan fingerprint density at radius 1 is 1.50 bits per heavy atom. The van der Waals surface area contributed by atoms with E-state index in [1.165, 1.54) is 32.2 Å². The molecule has 0 bridgehead atoms. The summed E-state index contributed by atoms with van der Waals surface area (Å²) < 4.78 is 2.27. The fourth-order valence-electron chi connectivity index (χ4n) is 2.63. The third-order valence-corrected chi connectivity index (χ3v) is 3.61. The van der Waals surface area contributed by atoms with Gasteiger partial charge >= 0.3 is 0 Å². The molecule has 2 rings (SSSR count). The number of aryl methyl sites for hydroxylation is 2. The standard InChI is InChI=1S/C14H26N4/c1-4-5-9-18-10-12(2)15-14(18)16-13-7-6-8-17(3)11-13/h10,13H,4-9,11H2,1-3H3,(H,15,16). The number of unbranched alkanes of at least 4 members (excludes halogenated alkanes) is 1. The van der Waals surface area contributed by atoms with Crippen LogP contribution in [0.15, 0.2) is 6.20 Å². The van der Waals surface area contributed by atoms with Gasteiger partial charge in [0.2, 0.25) is 5.95 Å². The van der Waals surface area contributed by atoms with Crippen LogP contribution >= 0.6 is 0 Å². The molecule has 1 aliphatic rings. The van der Waals surface area contributed by atoms with Crippen LogP contribution in [0.4, 0.5) is 5.95 Å². The predicted octanol–water partition coefficient (Wildman–Crippen LogP) is 2.50. The minimum Gasteiger partial charge on any atom is -0.352 e. The highest BCUT2D eigenvalue weighted by atomic mass is 15.2. The summed E-state index contributed by atoms with van der Waals surface area (Å²) in [5, 5.41) is 3.62. The highest BCUT2D eigenvalue weighted by molar-refractivity contribution is 5.30. The minimum absolute atomic E-state index is 0.547. The second-order valence-corrected chi connectivity index (χ2v) is 5.50. The van der Waals surface area contributed by atoms with E-state index < -0.39 is 0 Å². The van der Waals surface area contributed by atoms with E-state index >= 15 is 0 Å². The fourth-order valence-corrected chi connectivity index (χ4v) is 2.63. The van der Waals surface area contributed by atoms with Crippen molar-refractivity contribution in [2.45, 2.75) is 52.1 Å². The molecule has 1 aromatic rings. The number of likely N-dealkylation sites (tertiary alicyclic amines) is 1. The predicted molar refractivity (Wildman–Crippen MR) is 76.0 cm³/mol. The summed E-state index contributed by atoms with van der Waals surface area (Å²) in [7, 11) is 2.20. The van der Waals surface area contributed by atoms with E-state index in [9.17, 15) is 0 Å². The third-order valence-electron chi connectivity index (χ3n) is 3.61. The molecule has 0 saturated carbocycles. The Labute approximate surface area is 110 Å². The van der Waals surface area contributed by atoms with Gasteiger partial charge in [-0.2, -0.15) is 0 Å². The summed E-state index contributed by atoms with van der Waals surface area (Å²) in [6, 6.07) is 0.547. The second kappa shape index (κ2) is 6.23. The van der Waals surface area contributed by atoms with Gasteiger partial charge in [-0.15, -0.1) is 0 Å². The lowest BCUT2D eigenvalue weighted by Crippen LogP contribution is -2.40. The molecule has 18 heavy (non-hydrogen) atoms. The molecule has 1 saturated heterocycles. The number of piperidine rings is 1. The lowest BCUT2D eigenvalue weighted by atomic mass is 10.1. The van der Waals surface area contributed by atoms with Gasteiger partial charge < -0.3 is 14.8 Å². The number of aromatic nitrogens is 2. The average Bonchev–Trinajstić information content (AvgIpc) is 2.67. The summed E-state index contributed by atoms with van der Waals surface area (Å²) in [5.74, 6) is 1.06. The van der Waals surface area contributed by atoms with Gasteiger partial charge in [0.1, 0.15) is 0 Å². The molecule has 2 heterocycles. The first kappa shape index (κ1) is 13.4. The number of nitrogens with zero attached hydrogens (tertiary/aromatic N) is 3. The van der Waals surface area contributed by atoms with Crippen molar-refractivity contribution >= 4 is 5.95 Å². The first-order chi connectivity index (χ1) is 8.69. The van der Waals surface area contributed by atoms with E-state index in [1.54, 1.807) is 0 Å². The lowest BCUT2D eigenvalue weighted by Gasteiger charge is -2.30. The molecule has 1 unspecified atom stereocenters. The van der Waals surface area contributed by atoms with E-state index in [0.29, 0.717) is 6.04 Å². The second-order valence-electron chi connectivity index (χ2n) is 5.50. The van der Waals surface area contributed by atoms with Gasteiger partial charge in [-0.1, -0.05) is 13.3 Å². The van der Waals surface area contributed by atoms with E-state index in [2.05, 4.69) is 46.9 Å². The molecule has 1 atom stereocenters. The zero-order valence-corrected chi connectivity index (χ0v) is 11.9. The molecule has 0 aliphatic carbocycles. The Kier molecular flexibility index (Phi) is 4.64. The molecule has 0 aromatic carbocycles. The molecule has 0 amide bonds. The van der Waals surface area contributed by atoms with Crippen molar-refractivity contribution in [1.29, 1.82) is 0 Å². The molecule has 1 fully saturated rings. The van der Waals surface area contributed by atoms with Gasteiger partial charge in [0.25, 0.3) is 0 Å². The van der Waals surface area contributed by atoms with Crippen LogP contribution in [-0.2, 0) is 6.54 Å². The van der Waals surface area contributed by atoms with Crippen LogP contribution in [0.25, 0.3) is 0 Å². The maximum absolute atomic E-state index is 4.62. The quantitative estimate of drug-likeness (QED) is 0.871. The number of imidazole rings is 1. The summed E-state index contributed by atoms with van der Waals surface area (Å²) >= 11 is 0. The first-order valence-electron chi connectivity index (χ1n) is 7.18. The fraction of sp³-hybridized carbons (Fsp3) is 0.786. The van der Waals surface area contributed by atoms with Crippen LogP contribution in [0.2, 0.25) is 0 Å². The Morgan fingerprint density at radius 3 is 3.06 bits per heavy atom. The van der Waals surface area contributed by atoms with E-state index in [0.717, 1.165) is 24.7 Å². The minimum atomic E-state index is 0.547. The van der Waals surface area contributed by atoms with Crippen molar-refractivity contribution in [2.75, 3.05) is 25.5 Å². The molecule has 4 nitrogen and oxygen atoms in total. The number of likely N-dealkylation sites (N-methyl/N-ethyl adjacent to an activating group) is 1. The van der Waals surface area contributed by atoms with Crippen molar-refractivity contribution in [1.82, 2.24) is 14.5 Å². The molecule has 0 radical (unpaired) electrons. The molecular formula is C14H26N4. The largest absolute Gasteiger partial charge is 0.352 e. The monoisotopic (exact) mass is 250 g/mol. The molecule has 1 aliphatic heterocycles.